The van der Waals surface area contributed by atoms with Crippen molar-refractivity contribution in [2.75, 3.05) is 26.6 Å². The fraction of sp³-hybridized carbons (Fsp3) is 0.143. The maximum atomic E-state index is 5.48. The molecule has 2 aromatic carbocycles. The third kappa shape index (κ3) is 3.88. The highest BCUT2D eigenvalue weighted by molar-refractivity contribution is 7.14. The largest absolute Gasteiger partial charge is 0.493 e. The summed E-state index contributed by atoms with van der Waals surface area (Å²) in [6.07, 6.45) is 0. The molecule has 0 fully saturated rings. The Morgan fingerprint density at radius 2 is 1.62 bits per heavy atom. The molecule has 0 saturated carbocycles. The molecule has 4 rings (SSSR count). The van der Waals surface area contributed by atoms with Gasteiger partial charge in [-0.3, -0.25) is 0 Å². The van der Waals surface area contributed by atoms with Crippen LogP contribution in [0.15, 0.2) is 58.4 Å². The first-order valence-electron chi connectivity index (χ1n) is 8.77. The summed E-state index contributed by atoms with van der Waals surface area (Å²) in [6.45, 7) is 0. The van der Waals surface area contributed by atoms with Gasteiger partial charge in [0, 0.05) is 34.8 Å². The van der Waals surface area contributed by atoms with E-state index in [4.69, 9.17) is 18.7 Å². The predicted octanol–water partition coefficient (Wildman–Crippen LogP) is 5.23. The van der Waals surface area contributed by atoms with Gasteiger partial charge in [-0.2, -0.15) is 0 Å². The van der Waals surface area contributed by atoms with E-state index in [0.717, 1.165) is 16.9 Å². The van der Waals surface area contributed by atoms with Gasteiger partial charge >= 0.3 is 0 Å². The number of hydrogen-bond acceptors (Lipinski definition) is 8. The standard InChI is InChI=1S/C21H19N3O4S/c1-25-18-9-14(10-19(26-2)20(18)27-3)22-21-23-16(12-29-21)17-11-15(24-28-17)13-7-5-4-6-8-13/h4-12H,1-3H3,(H,22,23). The number of ether oxygens (including phenoxy) is 3. The third-order valence-corrected chi connectivity index (χ3v) is 5.01. The summed E-state index contributed by atoms with van der Waals surface area (Å²) in [6, 6.07) is 15.4. The second kappa shape index (κ2) is 8.24. The zero-order valence-electron chi connectivity index (χ0n) is 16.1. The van der Waals surface area contributed by atoms with Gasteiger partial charge in [0.15, 0.2) is 22.4 Å². The fourth-order valence-corrected chi connectivity index (χ4v) is 3.58. The molecule has 0 radical (unpaired) electrons. The van der Waals surface area contributed by atoms with E-state index >= 15 is 0 Å². The molecule has 0 spiro atoms. The van der Waals surface area contributed by atoms with Crippen molar-refractivity contribution in [3.63, 3.8) is 0 Å². The average molecular weight is 409 g/mol. The third-order valence-electron chi connectivity index (χ3n) is 4.25. The van der Waals surface area contributed by atoms with Gasteiger partial charge in [0.25, 0.3) is 0 Å². The normalized spacial score (nSPS) is 10.6. The van der Waals surface area contributed by atoms with Crippen LogP contribution >= 0.6 is 11.3 Å². The van der Waals surface area contributed by atoms with E-state index in [9.17, 15) is 0 Å². The molecule has 148 valence electrons. The number of nitrogens with zero attached hydrogens (tertiary/aromatic N) is 2. The highest BCUT2D eigenvalue weighted by Crippen LogP contribution is 2.41. The SMILES string of the molecule is COc1cc(Nc2nc(-c3cc(-c4ccccc4)no3)cs2)cc(OC)c1OC. The molecular weight excluding hydrogens is 390 g/mol. The van der Waals surface area contributed by atoms with Crippen LogP contribution in [0.25, 0.3) is 22.7 Å². The van der Waals surface area contributed by atoms with Crippen LogP contribution in [0.1, 0.15) is 0 Å². The Morgan fingerprint density at radius 3 is 2.28 bits per heavy atom. The summed E-state index contributed by atoms with van der Waals surface area (Å²) in [5.41, 5.74) is 3.24. The van der Waals surface area contributed by atoms with Gasteiger partial charge in [0.2, 0.25) is 5.75 Å². The number of rotatable bonds is 7. The summed E-state index contributed by atoms with van der Waals surface area (Å²) in [5.74, 6) is 2.27. The van der Waals surface area contributed by atoms with Crippen molar-refractivity contribution in [2.45, 2.75) is 0 Å². The summed E-state index contributed by atoms with van der Waals surface area (Å²) in [5, 5.41) is 10.0. The van der Waals surface area contributed by atoms with Gasteiger partial charge in [0.1, 0.15) is 11.4 Å². The van der Waals surface area contributed by atoms with E-state index in [1.54, 1.807) is 21.3 Å². The van der Waals surface area contributed by atoms with E-state index < -0.39 is 0 Å². The van der Waals surface area contributed by atoms with Crippen molar-refractivity contribution in [2.24, 2.45) is 0 Å². The molecule has 0 amide bonds. The van der Waals surface area contributed by atoms with Gasteiger partial charge in [-0.15, -0.1) is 11.3 Å². The van der Waals surface area contributed by atoms with Crippen LogP contribution in [0.3, 0.4) is 0 Å². The molecule has 0 bridgehead atoms. The van der Waals surface area contributed by atoms with E-state index in [0.29, 0.717) is 33.8 Å². The topological polar surface area (TPSA) is 78.6 Å². The van der Waals surface area contributed by atoms with Crippen molar-refractivity contribution in [3.05, 3.63) is 53.9 Å². The molecule has 8 heteroatoms. The number of nitrogens with one attached hydrogen (secondary N) is 1. The van der Waals surface area contributed by atoms with Gasteiger partial charge in [-0.25, -0.2) is 4.98 Å². The first kappa shape index (κ1) is 18.8. The minimum absolute atomic E-state index is 0.537. The van der Waals surface area contributed by atoms with Crippen LogP contribution in [0, 0.1) is 0 Å². The lowest BCUT2D eigenvalue weighted by molar-refractivity contribution is 0.324. The first-order valence-corrected chi connectivity index (χ1v) is 9.65. The molecule has 0 aliphatic rings. The van der Waals surface area contributed by atoms with Crippen molar-refractivity contribution >= 4 is 22.2 Å². The zero-order valence-corrected chi connectivity index (χ0v) is 16.9. The van der Waals surface area contributed by atoms with Crippen LogP contribution in [-0.2, 0) is 0 Å². The molecule has 2 heterocycles. The smallest absolute Gasteiger partial charge is 0.203 e. The Kier molecular flexibility index (Phi) is 5.35. The van der Waals surface area contributed by atoms with Gasteiger partial charge in [0.05, 0.1) is 21.3 Å². The summed E-state index contributed by atoms with van der Waals surface area (Å²) < 4.78 is 21.6. The van der Waals surface area contributed by atoms with Gasteiger partial charge < -0.3 is 24.1 Å². The highest BCUT2D eigenvalue weighted by Gasteiger charge is 2.15. The summed E-state index contributed by atoms with van der Waals surface area (Å²) >= 11 is 1.46. The average Bonchev–Trinajstić information content (AvgIpc) is 3.43. The minimum Gasteiger partial charge on any atom is -0.493 e. The molecule has 0 unspecified atom stereocenters. The molecule has 0 aliphatic carbocycles. The first-order chi connectivity index (χ1) is 14.2. The summed E-state index contributed by atoms with van der Waals surface area (Å²) in [7, 11) is 4.73. The van der Waals surface area contributed by atoms with Crippen LogP contribution < -0.4 is 19.5 Å². The number of hydrogen-bond donors (Lipinski definition) is 1. The Morgan fingerprint density at radius 1 is 0.897 bits per heavy atom. The zero-order chi connectivity index (χ0) is 20.2. The highest BCUT2D eigenvalue weighted by atomic mass is 32.1. The van der Waals surface area contributed by atoms with Crippen LogP contribution in [0.5, 0.6) is 17.2 Å². The number of aromatic nitrogens is 2. The van der Waals surface area contributed by atoms with E-state index in [1.165, 1.54) is 11.3 Å². The predicted molar refractivity (Wildman–Crippen MR) is 112 cm³/mol. The molecule has 29 heavy (non-hydrogen) atoms. The van der Waals surface area contributed by atoms with Crippen LogP contribution in [0.2, 0.25) is 0 Å². The second-order valence-electron chi connectivity index (χ2n) is 6.02. The number of methoxy groups -OCH3 is 3. The van der Waals surface area contributed by atoms with Crippen molar-refractivity contribution in [3.8, 4) is 40.0 Å². The number of benzene rings is 2. The Labute approximate surface area is 171 Å². The lowest BCUT2D eigenvalue weighted by Crippen LogP contribution is -1.97. The lowest BCUT2D eigenvalue weighted by atomic mass is 10.1. The number of anilines is 2. The molecule has 0 aliphatic heterocycles. The van der Waals surface area contributed by atoms with Gasteiger partial charge in [-0.05, 0) is 0 Å². The molecule has 7 nitrogen and oxygen atoms in total. The molecule has 0 saturated heterocycles. The maximum absolute atomic E-state index is 5.48. The van der Waals surface area contributed by atoms with Crippen molar-refractivity contribution in [1.82, 2.24) is 10.1 Å². The van der Waals surface area contributed by atoms with E-state index in [-0.39, 0.29) is 0 Å². The molecule has 2 aromatic heterocycles. The monoisotopic (exact) mass is 409 g/mol. The second-order valence-corrected chi connectivity index (χ2v) is 6.88. The number of thiazole rings is 1. The molecular formula is C21H19N3O4S. The van der Waals surface area contributed by atoms with Crippen LogP contribution in [-0.4, -0.2) is 31.5 Å². The lowest BCUT2D eigenvalue weighted by Gasteiger charge is -2.14. The Bertz CT molecular complexity index is 1080. The summed E-state index contributed by atoms with van der Waals surface area (Å²) in [4.78, 5) is 4.60. The Hall–Kier alpha value is -3.52. The van der Waals surface area contributed by atoms with Crippen LogP contribution in [0.4, 0.5) is 10.8 Å². The molecule has 1 N–H and O–H groups in total. The van der Waals surface area contributed by atoms with Crippen molar-refractivity contribution in [1.29, 1.82) is 0 Å². The molecule has 4 aromatic rings. The fourth-order valence-electron chi connectivity index (χ4n) is 2.86. The van der Waals surface area contributed by atoms with E-state index in [2.05, 4.69) is 15.5 Å². The van der Waals surface area contributed by atoms with Crippen molar-refractivity contribution < 1.29 is 18.7 Å². The quantitative estimate of drug-likeness (QED) is 0.447. The van der Waals surface area contributed by atoms with E-state index in [1.807, 2.05) is 53.9 Å². The maximum Gasteiger partial charge on any atom is 0.203 e. The Balaban J connectivity index is 1.57. The minimum atomic E-state index is 0.537. The molecule has 0 atom stereocenters. The van der Waals surface area contributed by atoms with Gasteiger partial charge in [-0.1, -0.05) is 35.5 Å².